The van der Waals surface area contributed by atoms with Crippen molar-refractivity contribution in [3.8, 4) is 11.3 Å². The Bertz CT molecular complexity index is 617. The van der Waals surface area contributed by atoms with E-state index in [2.05, 4.69) is 28.4 Å². The Balaban J connectivity index is 1.89. The molecule has 0 aliphatic heterocycles. The number of nitrogens with zero attached hydrogens (tertiary/aromatic N) is 3. The van der Waals surface area contributed by atoms with Gasteiger partial charge in [0.2, 0.25) is 0 Å². The molecule has 2 atom stereocenters. The minimum atomic E-state index is 0.104. The predicted octanol–water partition coefficient (Wildman–Crippen LogP) is 2.90. The Labute approximate surface area is 125 Å². The number of ether oxygens (including phenoxy) is 1. The third-order valence-corrected chi connectivity index (χ3v) is 4.58. The highest BCUT2D eigenvalue weighted by Gasteiger charge is 2.50. The summed E-state index contributed by atoms with van der Waals surface area (Å²) < 4.78 is 8.06. The molecule has 1 saturated carbocycles. The van der Waals surface area contributed by atoms with Gasteiger partial charge in [-0.05, 0) is 25.5 Å². The van der Waals surface area contributed by atoms with Gasteiger partial charge in [0.1, 0.15) is 5.82 Å². The minimum Gasteiger partial charge on any atom is -0.384 e. The fourth-order valence-corrected chi connectivity index (χ4v) is 3.15. The fourth-order valence-electron chi connectivity index (χ4n) is 3.15. The number of hydrogen-bond acceptors (Lipinski definition) is 4. The SMILES string of the molecule is CCOC1CC(n2cncc2-c2ccc(N)nc2)C1(C)C. The second-order valence-electron chi connectivity index (χ2n) is 6.17. The number of nitrogens with two attached hydrogens (primary N) is 1. The molecule has 2 aromatic heterocycles. The highest BCUT2D eigenvalue weighted by Crippen LogP contribution is 2.52. The molecule has 0 spiro atoms. The Morgan fingerprint density at radius 1 is 1.38 bits per heavy atom. The van der Waals surface area contributed by atoms with Gasteiger partial charge in [-0.2, -0.15) is 0 Å². The van der Waals surface area contributed by atoms with E-state index in [9.17, 15) is 0 Å². The van der Waals surface area contributed by atoms with E-state index in [1.54, 1.807) is 6.20 Å². The first-order valence-corrected chi connectivity index (χ1v) is 7.39. The third-order valence-electron chi connectivity index (χ3n) is 4.58. The van der Waals surface area contributed by atoms with Gasteiger partial charge < -0.3 is 15.0 Å². The number of anilines is 1. The molecule has 2 N–H and O–H groups in total. The lowest BCUT2D eigenvalue weighted by Crippen LogP contribution is -2.51. The summed E-state index contributed by atoms with van der Waals surface area (Å²) in [4.78, 5) is 8.50. The van der Waals surface area contributed by atoms with Gasteiger partial charge in [-0.3, -0.25) is 0 Å². The van der Waals surface area contributed by atoms with E-state index in [-0.39, 0.29) is 5.41 Å². The maximum absolute atomic E-state index is 5.82. The fraction of sp³-hybridized carbons (Fsp3) is 0.500. The van der Waals surface area contributed by atoms with Crippen molar-refractivity contribution in [2.45, 2.75) is 39.3 Å². The second kappa shape index (κ2) is 5.15. The van der Waals surface area contributed by atoms with Crippen LogP contribution in [-0.4, -0.2) is 27.2 Å². The average Bonchev–Trinajstić information content (AvgIpc) is 2.92. The maximum Gasteiger partial charge on any atom is 0.123 e. The zero-order chi connectivity index (χ0) is 15.0. The van der Waals surface area contributed by atoms with Gasteiger partial charge in [0.15, 0.2) is 0 Å². The smallest absolute Gasteiger partial charge is 0.123 e. The summed E-state index contributed by atoms with van der Waals surface area (Å²) in [6.07, 6.45) is 6.92. The topological polar surface area (TPSA) is 66.0 Å². The van der Waals surface area contributed by atoms with Crippen molar-refractivity contribution in [2.75, 3.05) is 12.3 Å². The molecule has 3 rings (SSSR count). The molecule has 0 aromatic carbocycles. The standard InChI is InChI=1S/C16H22N4O/c1-4-21-14-7-13(16(14,2)3)20-10-18-9-12(20)11-5-6-15(17)19-8-11/h5-6,8-10,13-14H,4,7H2,1-3H3,(H2,17,19). The Morgan fingerprint density at radius 3 is 2.81 bits per heavy atom. The first-order valence-electron chi connectivity index (χ1n) is 7.39. The lowest BCUT2D eigenvalue weighted by Gasteiger charge is -2.52. The van der Waals surface area contributed by atoms with Crippen LogP contribution in [0.1, 0.15) is 33.2 Å². The molecular weight excluding hydrogens is 264 g/mol. The van der Waals surface area contributed by atoms with Crippen molar-refractivity contribution in [2.24, 2.45) is 5.41 Å². The van der Waals surface area contributed by atoms with E-state index in [4.69, 9.17) is 10.5 Å². The number of nitrogen functional groups attached to an aromatic ring is 1. The van der Waals surface area contributed by atoms with Crippen molar-refractivity contribution in [1.29, 1.82) is 0 Å². The molecule has 2 heterocycles. The number of aromatic nitrogens is 3. The number of imidazole rings is 1. The lowest BCUT2D eigenvalue weighted by atomic mass is 9.64. The van der Waals surface area contributed by atoms with E-state index in [1.165, 1.54) is 0 Å². The summed E-state index contributed by atoms with van der Waals surface area (Å²) in [5.74, 6) is 0.533. The monoisotopic (exact) mass is 286 g/mol. The lowest BCUT2D eigenvalue weighted by molar-refractivity contribution is -0.127. The molecule has 0 amide bonds. The van der Waals surface area contributed by atoms with E-state index >= 15 is 0 Å². The van der Waals surface area contributed by atoms with Gasteiger partial charge >= 0.3 is 0 Å². The van der Waals surface area contributed by atoms with Gasteiger partial charge in [0.05, 0.1) is 24.3 Å². The van der Waals surface area contributed by atoms with E-state index in [1.807, 2.05) is 31.6 Å². The molecule has 1 aliphatic rings. The third kappa shape index (κ3) is 2.31. The Morgan fingerprint density at radius 2 is 2.19 bits per heavy atom. The van der Waals surface area contributed by atoms with Crippen molar-refractivity contribution in [3.63, 3.8) is 0 Å². The molecule has 1 aliphatic carbocycles. The largest absolute Gasteiger partial charge is 0.384 e. The van der Waals surface area contributed by atoms with Crippen LogP contribution in [0.2, 0.25) is 0 Å². The zero-order valence-electron chi connectivity index (χ0n) is 12.8. The van der Waals surface area contributed by atoms with Crippen LogP contribution in [-0.2, 0) is 4.74 Å². The van der Waals surface area contributed by atoms with Crippen LogP contribution in [0.5, 0.6) is 0 Å². The van der Waals surface area contributed by atoms with Crippen molar-refractivity contribution in [3.05, 3.63) is 30.9 Å². The molecule has 112 valence electrons. The van der Waals surface area contributed by atoms with Crippen LogP contribution in [0.15, 0.2) is 30.9 Å². The molecule has 0 bridgehead atoms. The summed E-state index contributed by atoms with van der Waals surface area (Å²) in [6.45, 7) is 7.32. The van der Waals surface area contributed by atoms with Crippen LogP contribution in [0.25, 0.3) is 11.3 Å². The summed E-state index contributed by atoms with van der Waals surface area (Å²) in [7, 11) is 0. The summed E-state index contributed by atoms with van der Waals surface area (Å²) >= 11 is 0. The normalized spacial score (nSPS) is 23.8. The number of hydrogen-bond donors (Lipinski definition) is 1. The zero-order valence-corrected chi connectivity index (χ0v) is 12.8. The molecule has 1 fully saturated rings. The molecule has 21 heavy (non-hydrogen) atoms. The van der Waals surface area contributed by atoms with Gasteiger partial charge in [-0.15, -0.1) is 0 Å². The first kappa shape index (κ1) is 14.1. The van der Waals surface area contributed by atoms with Crippen molar-refractivity contribution < 1.29 is 4.74 Å². The Kier molecular flexibility index (Phi) is 3.45. The van der Waals surface area contributed by atoms with E-state index in [0.29, 0.717) is 18.0 Å². The molecule has 2 aromatic rings. The van der Waals surface area contributed by atoms with E-state index < -0.39 is 0 Å². The maximum atomic E-state index is 5.82. The molecule has 5 nitrogen and oxygen atoms in total. The Hall–Kier alpha value is -1.88. The minimum absolute atomic E-state index is 0.104. The average molecular weight is 286 g/mol. The van der Waals surface area contributed by atoms with Crippen LogP contribution in [0.4, 0.5) is 5.82 Å². The van der Waals surface area contributed by atoms with Gasteiger partial charge in [0.25, 0.3) is 0 Å². The summed E-state index contributed by atoms with van der Waals surface area (Å²) in [5.41, 5.74) is 7.88. The van der Waals surface area contributed by atoms with Gasteiger partial charge in [0, 0.05) is 29.8 Å². The number of pyridine rings is 1. The van der Waals surface area contributed by atoms with Crippen LogP contribution in [0, 0.1) is 5.41 Å². The highest BCUT2D eigenvalue weighted by atomic mass is 16.5. The molecule has 0 radical (unpaired) electrons. The molecule has 2 unspecified atom stereocenters. The summed E-state index contributed by atoms with van der Waals surface area (Å²) in [6, 6.07) is 4.20. The first-order chi connectivity index (χ1) is 10.0. The number of rotatable bonds is 4. The quantitative estimate of drug-likeness (QED) is 0.938. The van der Waals surface area contributed by atoms with E-state index in [0.717, 1.165) is 24.3 Å². The molecule has 0 saturated heterocycles. The van der Waals surface area contributed by atoms with Crippen molar-refractivity contribution >= 4 is 5.82 Å². The van der Waals surface area contributed by atoms with Gasteiger partial charge in [-0.25, -0.2) is 9.97 Å². The van der Waals surface area contributed by atoms with Crippen LogP contribution < -0.4 is 5.73 Å². The molecule has 5 heteroatoms. The van der Waals surface area contributed by atoms with Crippen LogP contribution in [0.3, 0.4) is 0 Å². The second-order valence-corrected chi connectivity index (χ2v) is 6.17. The summed E-state index contributed by atoms with van der Waals surface area (Å²) in [5, 5.41) is 0. The highest BCUT2D eigenvalue weighted by molar-refractivity contribution is 5.59. The van der Waals surface area contributed by atoms with Gasteiger partial charge in [-0.1, -0.05) is 13.8 Å². The van der Waals surface area contributed by atoms with Crippen molar-refractivity contribution in [1.82, 2.24) is 14.5 Å². The van der Waals surface area contributed by atoms with Crippen LogP contribution >= 0.6 is 0 Å². The predicted molar refractivity (Wildman–Crippen MR) is 82.7 cm³/mol. The molecular formula is C16H22N4O.